The minimum atomic E-state index is -0.721. The maximum atomic E-state index is 14.5. The zero-order chi connectivity index (χ0) is 32.4. The van der Waals surface area contributed by atoms with E-state index < -0.39 is 22.3 Å². The molecular formula is C31H30ClFN6O6. The number of hydrogen-bond donors (Lipinski definition) is 1. The molecule has 14 heteroatoms. The number of aromatic nitrogens is 1. The molecular weight excluding hydrogens is 607 g/mol. The number of ether oxygens (including phenoxy) is 1. The number of carbonyl (C=O) groups excluding carboxylic acids is 2. The van der Waals surface area contributed by atoms with Gasteiger partial charge in [-0.3, -0.25) is 19.7 Å². The summed E-state index contributed by atoms with van der Waals surface area (Å²) in [6.45, 7) is 2.99. The van der Waals surface area contributed by atoms with Gasteiger partial charge < -0.3 is 29.3 Å². The van der Waals surface area contributed by atoms with E-state index in [1.165, 1.54) is 31.4 Å². The van der Waals surface area contributed by atoms with Gasteiger partial charge in [-0.25, -0.2) is 4.39 Å². The van der Waals surface area contributed by atoms with E-state index in [0.717, 1.165) is 6.07 Å². The van der Waals surface area contributed by atoms with Gasteiger partial charge in [-0.05, 0) is 43.3 Å². The number of nitro benzene ring substituents is 1. The number of halogens is 2. The number of aryl methyl sites for hydroxylation is 1. The number of nitro groups is 1. The molecule has 1 aromatic heterocycles. The molecule has 3 aromatic carbocycles. The predicted octanol–water partition coefficient (Wildman–Crippen LogP) is 5.64. The van der Waals surface area contributed by atoms with Crippen LogP contribution in [0.3, 0.4) is 0 Å². The molecule has 0 bridgehead atoms. The first-order valence-corrected chi connectivity index (χ1v) is 14.3. The van der Waals surface area contributed by atoms with Gasteiger partial charge in [0.2, 0.25) is 0 Å². The van der Waals surface area contributed by atoms with Crippen LogP contribution in [-0.4, -0.2) is 74.2 Å². The number of benzene rings is 3. The van der Waals surface area contributed by atoms with Crippen molar-refractivity contribution in [1.29, 1.82) is 0 Å². The summed E-state index contributed by atoms with van der Waals surface area (Å²) >= 11 is 6.49. The monoisotopic (exact) mass is 636 g/mol. The fourth-order valence-electron chi connectivity index (χ4n) is 5.21. The summed E-state index contributed by atoms with van der Waals surface area (Å²) < 4.78 is 25.4. The molecule has 2 heterocycles. The highest BCUT2D eigenvalue weighted by Crippen LogP contribution is 2.38. The van der Waals surface area contributed by atoms with Gasteiger partial charge in [-0.2, -0.15) is 0 Å². The smallest absolute Gasteiger partial charge is 0.294 e. The van der Waals surface area contributed by atoms with Crippen LogP contribution >= 0.6 is 11.6 Å². The number of para-hydroxylation sites is 1. The summed E-state index contributed by atoms with van der Waals surface area (Å²) in [6, 6.07) is 13.8. The van der Waals surface area contributed by atoms with E-state index >= 15 is 0 Å². The zero-order valence-electron chi connectivity index (χ0n) is 25.0. The molecule has 0 radical (unpaired) electrons. The van der Waals surface area contributed by atoms with E-state index in [9.17, 15) is 24.1 Å². The van der Waals surface area contributed by atoms with Crippen LogP contribution in [-0.2, 0) is 0 Å². The summed E-state index contributed by atoms with van der Waals surface area (Å²) in [5.74, 6) is -0.664. The Labute approximate surface area is 263 Å². The maximum Gasteiger partial charge on any atom is 0.294 e. The van der Waals surface area contributed by atoms with Gasteiger partial charge in [0, 0.05) is 57.5 Å². The largest absolute Gasteiger partial charge is 0.496 e. The average molecular weight is 637 g/mol. The fraction of sp³-hybridized carbons (Fsp3) is 0.258. The van der Waals surface area contributed by atoms with Gasteiger partial charge >= 0.3 is 0 Å². The zero-order valence-corrected chi connectivity index (χ0v) is 25.7. The Morgan fingerprint density at radius 1 is 1.11 bits per heavy atom. The van der Waals surface area contributed by atoms with Crippen LogP contribution in [0, 0.1) is 22.9 Å². The number of methoxy groups -OCH3 is 1. The number of rotatable bonds is 8. The van der Waals surface area contributed by atoms with E-state index in [1.54, 1.807) is 43.0 Å². The highest BCUT2D eigenvalue weighted by atomic mass is 35.5. The standard InChI is InChI=1S/C31H30ClFN6O6/c1-18-28(29(35-45-18)20-7-5-6-8-27(20)44-4)31(41)38-13-11-37(12-14-38)25-17-23(26(39(42)43)16-21(25)32)34-30(40)19-9-10-24(36(2)3)22(33)15-19/h5-10,15-17H,11-14H2,1-4H3,(H,34,40). The minimum Gasteiger partial charge on any atom is -0.496 e. The molecule has 1 fully saturated rings. The van der Waals surface area contributed by atoms with Gasteiger partial charge in [0.1, 0.15) is 34.3 Å². The van der Waals surface area contributed by atoms with Crippen molar-refractivity contribution in [3.05, 3.63) is 92.4 Å². The van der Waals surface area contributed by atoms with E-state index in [1.807, 2.05) is 17.0 Å². The summed E-state index contributed by atoms with van der Waals surface area (Å²) in [5.41, 5.74) is 1.56. The lowest BCUT2D eigenvalue weighted by Crippen LogP contribution is -2.49. The van der Waals surface area contributed by atoms with Crippen LogP contribution in [0.5, 0.6) is 5.75 Å². The topological polar surface area (TPSA) is 134 Å². The Kier molecular flexibility index (Phi) is 8.91. The predicted molar refractivity (Wildman–Crippen MR) is 168 cm³/mol. The van der Waals surface area contributed by atoms with Gasteiger partial charge in [-0.1, -0.05) is 28.9 Å². The number of nitrogens with one attached hydrogen (secondary N) is 1. The molecule has 2 amide bonds. The molecule has 4 aromatic rings. The van der Waals surface area contributed by atoms with Crippen LogP contribution in [0.15, 0.2) is 59.1 Å². The quantitative estimate of drug-likeness (QED) is 0.193. The second-order valence-electron chi connectivity index (χ2n) is 10.5. The highest BCUT2D eigenvalue weighted by molar-refractivity contribution is 6.33. The number of anilines is 3. The molecule has 0 atom stereocenters. The first kappa shape index (κ1) is 31.3. The van der Waals surface area contributed by atoms with E-state index in [0.29, 0.717) is 65.9 Å². The molecule has 45 heavy (non-hydrogen) atoms. The Balaban J connectivity index is 1.35. The first-order chi connectivity index (χ1) is 21.5. The Hall–Kier alpha value is -5.17. The Morgan fingerprint density at radius 2 is 1.82 bits per heavy atom. The maximum absolute atomic E-state index is 14.5. The number of carbonyl (C=O) groups is 2. The number of hydrogen-bond acceptors (Lipinski definition) is 9. The third-order valence-electron chi connectivity index (χ3n) is 7.55. The number of amides is 2. The van der Waals surface area contributed by atoms with Gasteiger partial charge in [-0.15, -0.1) is 0 Å². The van der Waals surface area contributed by atoms with E-state index in [2.05, 4.69) is 10.5 Å². The molecule has 1 N–H and O–H groups in total. The Bertz CT molecular complexity index is 1790. The molecule has 1 saturated heterocycles. The van der Waals surface area contributed by atoms with E-state index in [4.69, 9.17) is 20.9 Å². The van der Waals surface area contributed by atoms with Crippen molar-refractivity contribution < 1.29 is 28.2 Å². The normalized spacial score (nSPS) is 13.0. The summed E-state index contributed by atoms with van der Waals surface area (Å²) in [6.07, 6.45) is 0. The highest BCUT2D eigenvalue weighted by Gasteiger charge is 2.31. The lowest BCUT2D eigenvalue weighted by molar-refractivity contribution is -0.383. The first-order valence-electron chi connectivity index (χ1n) is 13.9. The van der Waals surface area contributed by atoms with Crippen molar-refractivity contribution in [1.82, 2.24) is 10.1 Å². The van der Waals surface area contributed by atoms with Gasteiger partial charge in [0.05, 0.1) is 28.4 Å². The molecule has 1 aliphatic heterocycles. The number of piperazine rings is 1. The molecule has 0 unspecified atom stereocenters. The van der Waals surface area contributed by atoms with Crippen molar-refractivity contribution in [2.24, 2.45) is 0 Å². The van der Waals surface area contributed by atoms with Crippen LogP contribution in [0.25, 0.3) is 11.3 Å². The second kappa shape index (κ2) is 12.8. The SMILES string of the molecule is COc1ccccc1-c1noc(C)c1C(=O)N1CCN(c2cc(NC(=O)c3ccc(N(C)C)c(F)c3)c([N+](=O)[O-])cc2Cl)CC1. The van der Waals surface area contributed by atoms with Gasteiger partial charge in [0.25, 0.3) is 17.5 Å². The third-order valence-corrected chi connectivity index (χ3v) is 7.85. The molecule has 12 nitrogen and oxygen atoms in total. The van der Waals surface area contributed by atoms with Crippen molar-refractivity contribution in [2.45, 2.75) is 6.92 Å². The minimum absolute atomic E-state index is 0.00690. The van der Waals surface area contributed by atoms with Crippen LogP contribution in [0.4, 0.5) is 27.1 Å². The molecule has 234 valence electrons. The van der Waals surface area contributed by atoms with Crippen LogP contribution in [0.2, 0.25) is 5.02 Å². The molecule has 1 aliphatic rings. The van der Waals surface area contributed by atoms with E-state index in [-0.39, 0.29) is 22.2 Å². The Morgan fingerprint density at radius 3 is 2.47 bits per heavy atom. The third kappa shape index (κ3) is 6.25. The summed E-state index contributed by atoms with van der Waals surface area (Å²) in [7, 11) is 4.87. The molecule has 0 aliphatic carbocycles. The van der Waals surface area contributed by atoms with Crippen molar-refractivity contribution in [3.8, 4) is 17.0 Å². The van der Waals surface area contributed by atoms with Crippen molar-refractivity contribution in [3.63, 3.8) is 0 Å². The van der Waals surface area contributed by atoms with Crippen LogP contribution < -0.4 is 19.9 Å². The fourth-order valence-corrected chi connectivity index (χ4v) is 5.48. The van der Waals surface area contributed by atoms with Crippen LogP contribution in [0.1, 0.15) is 26.5 Å². The van der Waals surface area contributed by atoms with Crippen molar-refractivity contribution in [2.75, 3.05) is 62.5 Å². The number of nitrogens with zero attached hydrogens (tertiary/aromatic N) is 5. The molecule has 0 saturated carbocycles. The summed E-state index contributed by atoms with van der Waals surface area (Å²) in [4.78, 5) is 43.0. The summed E-state index contributed by atoms with van der Waals surface area (Å²) in [5, 5.41) is 18.6. The average Bonchev–Trinajstić information content (AvgIpc) is 3.41. The lowest BCUT2D eigenvalue weighted by atomic mass is 10.0. The van der Waals surface area contributed by atoms with Gasteiger partial charge in [0.15, 0.2) is 0 Å². The van der Waals surface area contributed by atoms with Crippen molar-refractivity contribution >= 4 is 46.2 Å². The molecule has 5 rings (SSSR count). The molecule has 0 spiro atoms. The lowest BCUT2D eigenvalue weighted by Gasteiger charge is -2.36. The second-order valence-corrected chi connectivity index (χ2v) is 10.9.